The highest BCUT2D eigenvalue weighted by molar-refractivity contribution is 8.01. The first kappa shape index (κ1) is 18.7. The van der Waals surface area contributed by atoms with Crippen LogP contribution in [0.2, 0.25) is 5.02 Å². The number of anilines is 1. The van der Waals surface area contributed by atoms with Gasteiger partial charge in [0.25, 0.3) is 0 Å². The third-order valence-electron chi connectivity index (χ3n) is 4.40. The van der Waals surface area contributed by atoms with Gasteiger partial charge in [0.15, 0.2) is 8.29 Å². The molecule has 1 aliphatic heterocycles. The van der Waals surface area contributed by atoms with Crippen molar-refractivity contribution in [1.82, 2.24) is 9.78 Å². The van der Waals surface area contributed by atoms with E-state index in [4.69, 9.17) is 23.8 Å². The van der Waals surface area contributed by atoms with E-state index in [2.05, 4.69) is 18.1 Å². The molecule has 0 saturated carbocycles. The van der Waals surface area contributed by atoms with E-state index >= 15 is 0 Å². The Hall–Kier alpha value is -1.67. The molecule has 3 aromatic rings. The van der Waals surface area contributed by atoms with Crippen molar-refractivity contribution in [3.05, 3.63) is 63.1 Å². The summed E-state index contributed by atoms with van der Waals surface area (Å²) in [5, 5.41) is 5.22. The van der Waals surface area contributed by atoms with Crippen LogP contribution in [-0.4, -0.2) is 27.5 Å². The third-order valence-corrected chi connectivity index (χ3v) is 7.00. The molecule has 0 bridgehead atoms. The number of hydrogen-bond donors (Lipinski definition) is 0. The summed E-state index contributed by atoms with van der Waals surface area (Å²) in [6.07, 6.45) is 0.900. The summed E-state index contributed by atoms with van der Waals surface area (Å²) in [5.41, 5.74) is 3.11. The molecular weight excluding hydrogens is 418 g/mol. The van der Waals surface area contributed by atoms with Crippen LogP contribution in [0.1, 0.15) is 12.5 Å². The first-order valence-electron chi connectivity index (χ1n) is 8.42. The Morgan fingerprint density at radius 1 is 1.30 bits per heavy atom. The molecular formula is C19H16ClN3OS3. The quantitative estimate of drug-likeness (QED) is 0.408. The van der Waals surface area contributed by atoms with Crippen molar-refractivity contribution in [1.29, 1.82) is 0 Å². The fourth-order valence-electron chi connectivity index (χ4n) is 3.20. The molecule has 4 nitrogen and oxygen atoms in total. The van der Waals surface area contributed by atoms with Crippen LogP contribution in [0.15, 0.2) is 52.9 Å². The molecule has 138 valence electrons. The van der Waals surface area contributed by atoms with Crippen LogP contribution in [0.4, 0.5) is 5.69 Å². The van der Waals surface area contributed by atoms with Gasteiger partial charge in [-0.25, -0.2) is 4.68 Å². The van der Waals surface area contributed by atoms with E-state index in [1.807, 2.05) is 35.2 Å². The summed E-state index contributed by atoms with van der Waals surface area (Å²) in [6.45, 7) is 2.09. The standard InChI is InChI=1S/C19H16ClN3OS3/c1-12-10-13-4-2-3-5-16(13)22(12)17(24)11-26-18-21-23(19(25)27-18)15-8-6-14(20)7-9-15/h2-9,12H,10-11H2,1H3. The molecule has 2 heterocycles. The molecule has 1 atom stereocenters. The highest BCUT2D eigenvalue weighted by atomic mass is 35.5. The van der Waals surface area contributed by atoms with E-state index in [9.17, 15) is 4.79 Å². The summed E-state index contributed by atoms with van der Waals surface area (Å²) in [6, 6.07) is 15.6. The maximum absolute atomic E-state index is 12.8. The second-order valence-corrected chi connectivity index (χ2v) is 9.54. The van der Waals surface area contributed by atoms with Gasteiger partial charge in [0, 0.05) is 16.8 Å². The number of amides is 1. The Bertz CT molecular complexity index is 1040. The lowest BCUT2D eigenvalue weighted by Gasteiger charge is -2.22. The molecule has 0 aliphatic carbocycles. The van der Waals surface area contributed by atoms with Crippen molar-refractivity contribution < 1.29 is 4.79 Å². The summed E-state index contributed by atoms with van der Waals surface area (Å²) in [5.74, 6) is 0.429. The van der Waals surface area contributed by atoms with Crippen LogP contribution >= 0.6 is 46.9 Å². The van der Waals surface area contributed by atoms with Crippen LogP contribution < -0.4 is 4.90 Å². The monoisotopic (exact) mass is 433 g/mol. The molecule has 2 aromatic carbocycles. The molecule has 0 radical (unpaired) electrons. The lowest BCUT2D eigenvalue weighted by atomic mass is 10.1. The van der Waals surface area contributed by atoms with E-state index in [1.54, 1.807) is 16.8 Å². The number of thioether (sulfide) groups is 1. The van der Waals surface area contributed by atoms with Gasteiger partial charge in [0.1, 0.15) is 0 Å². The SMILES string of the molecule is CC1Cc2ccccc2N1C(=O)CSc1nn(-c2ccc(Cl)cc2)c(=S)s1. The molecule has 4 rings (SSSR count). The van der Waals surface area contributed by atoms with E-state index in [0.717, 1.165) is 22.1 Å². The summed E-state index contributed by atoms with van der Waals surface area (Å²) < 4.78 is 3.13. The molecule has 0 spiro atoms. The van der Waals surface area contributed by atoms with Crippen LogP contribution in [0, 0.1) is 3.95 Å². The van der Waals surface area contributed by atoms with E-state index in [0.29, 0.717) is 14.7 Å². The minimum atomic E-state index is 0.0941. The average molecular weight is 434 g/mol. The van der Waals surface area contributed by atoms with Crippen LogP contribution in [0.5, 0.6) is 0 Å². The van der Waals surface area contributed by atoms with E-state index in [1.165, 1.54) is 28.7 Å². The molecule has 1 aliphatic rings. The number of nitrogens with zero attached hydrogens (tertiary/aromatic N) is 3. The molecule has 1 amide bonds. The Morgan fingerprint density at radius 2 is 2.04 bits per heavy atom. The van der Waals surface area contributed by atoms with Gasteiger partial charge in [-0.15, -0.1) is 5.10 Å². The van der Waals surface area contributed by atoms with Crippen molar-refractivity contribution in [2.45, 2.75) is 23.7 Å². The highest BCUT2D eigenvalue weighted by Gasteiger charge is 2.30. The molecule has 8 heteroatoms. The topological polar surface area (TPSA) is 38.1 Å². The van der Waals surface area contributed by atoms with Crippen molar-refractivity contribution in [2.24, 2.45) is 0 Å². The van der Waals surface area contributed by atoms with Crippen molar-refractivity contribution in [3.63, 3.8) is 0 Å². The molecule has 1 unspecified atom stereocenters. The second kappa shape index (κ2) is 7.75. The summed E-state index contributed by atoms with van der Waals surface area (Å²) >= 11 is 14.2. The van der Waals surface area contributed by atoms with Crippen LogP contribution in [-0.2, 0) is 11.2 Å². The van der Waals surface area contributed by atoms with Gasteiger partial charge in [-0.2, -0.15) is 0 Å². The Balaban J connectivity index is 1.48. The lowest BCUT2D eigenvalue weighted by molar-refractivity contribution is -0.116. The zero-order valence-corrected chi connectivity index (χ0v) is 17.7. The van der Waals surface area contributed by atoms with Crippen molar-refractivity contribution in [2.75, 3.05) is 10.7 Å². The normalized spacial score (nSPS) is 15.8. The number of carbonyl (C=O) groups is 1. The largest absolute Gasteiger partial charge is 0.308 e. The van der Waals surface area contributed by atoms with Gasteiger partial charge in [-0.1, -0.05) is 52.9 Å². The molecule has 0 N–H and O–H groups in total. The maximum Gasteiger partial charge on any atom is 0.237 e. The van der Waals surface area contributed by atoms with Gasteiger partial charge in [-0.05, 0) is 61.5 Å². The minimum absolute atomic E-state index is 0.0941. The van der Waals surface area contributed by atoms with Crippen LogP contribution in [0.3, 0.4) is 0 Å². The van der Waals surface area contributed by atoms with Gasteiger partial charge >= 0.3 is 0 Å². The number of hydrogen-bond acceptors (Lipinski definition) is 5. The van der Waals surface area contributed by atoms with Gasteiger partial charge in [0.2, 0.25) is 5.91 Å². The number of aromatic nitrogens is 2. The zero-order chi connectivity index (χ0) is 19.0. The number of carbonyl (C=O) groups excluding carboxylic acids is 1. The van der Waals surface area contributed by atoms with Gasteiger partial charge in [-0.3, -0.25) is 4.79 Å². The molecule has 27 heavy (non-hydrogen) atoms. The summed E-state index contributed by atoms with van der Waals surface area (Å²) in [4.78, 5) is 14.7. The number of fused-ring (bicyclic) bond motifs is 1. The molecule has 0 saturated heterocycles. The minimum Gasteiger partial charge on any atom is -0.308 e. The predicted octanol–water partition coefficient (Wildman–Crippen LogP) is 5.39. The number of halogens is 1. The number of para-hydroxylation sites is 1. The maximum atomic E-state index is 12.8. The van der Waals surface area contributed by atoms with Gasteiger partial charge < -0.3 is 4.90 Å². The Morgan fingerprint density at radius 3 is 2.81 bits per heavy atom. The first-order chi connectivity index (χ1) is 13.0. The lowest BCUT2D eigenvalue weighted by Crippen LogP contribution is -2.36. The number of rotatable bonds is 4. The second-order valence-electron chi connectivity index (χ2n) is 6.26. The van der Waals surface area contributed by atoms with Crippen LogP contribution in [0.25, 0.3) is 5.69 Å². The van der Waals surface area contributed by atoms with Gasteiger partial charge in [0.05, 0.1) is 11.4 Å². The number of benzene rings is 2. The van der Waals surface area contributed by atoms with Crippen molar-refractivity contribution in [3.8, 4) is 5.69 Å². The van der Waals surface area contributed by atoms with Crippen molar-refractivity contribution >= 4 is 58.5 Å². The highest BCUT2D eigenvalue weighted by Crippen LogP contribution is 2.33. The molecule has 1 aromatic heterocycles. The van der Waals surface area contributed by atoms with E-state index < -0.39 is 0 Å². The predicted molar refractivity (Wildman–Crippen MR) is 115 cm³/mol. The molecule has 0 fully saturated rings. The Kier molecular flexibility index (Phi) is 5.36. The Labute approximate surface area is 175 Å². The third kappa shape index (κ3) is 3.82. The first-order valence-corrected chi connectivity index (χ1v) is 11.0. The fraction of sp³-hybridized carbons (Fsp3) is 0.211. The van der Waals surface area contributed by atoms with E-state index in [-0.39, 0.29) is 11.9 Å². The smallest absolute Gasteiger partial charge is 0.237 e. The summed E-state index contributed by atoms with van der Waals surface area (Å²) in [7, 11) is 0. The fourth-order valence-corrected chi connectivity index (χ4v) is 5.55. The zero-order valence-electron chi connectivity index (χ0n) is 14.5. The average Bonchev–Trinajstić information content (AvgIpc) is 3.19.